The Balaban J connectivity index is 1.08. The first-order chi connectivity index (χ1) is 18.0. The second kappa shape index (κ2) is 10.9. The van der Waals surface area contributed by atoms with E-state index in [-0.39, 0.29) is 29.4 Å². The fourth-order valence-corrected chi connectivity index (χ4v) is 4.78. The smallest absolute Gasteiger partial charge is 0.256 e. The molecule has 1 atom stereocenters. The third-order valence-corrected chi connectivity index (χ3v) is 6.92. The molecule has 1 aromatic heterocycles. The van der Waals surface area contributed by atoms with Gasteiger partial charge in [-0.25, -0.2) is 4.39 Å². The summed E-state index contributed by atoms with van der Waals surface area (Å²) in [6.07, 6.45) is 2.07. The van der Waals surface area contributed by atoms with Gasteiger partial charge >= 0.3 is 0 Å². The molecule has 0 aliphatic carbocycles. The number of anilines is 2. The molecule has 2 fully saturated rings. The fraction of sp³-hybridized carbons (Fsp3) is 0.357. The van der Waals surface area contributed by atoms with Crippen molar-refractivity contribution in [1.29, 1.82) is 0 Å². The monoisotopic (exact) mass is 503 g/mol. The molecule has 2 aliphatic heterocycles. The zero-order chi connectivity index (χ0) is 25.8. The van der Waals surface area contributed by atoms with Crippen molar-refractivity contribution in [3.63, 3.8) is 0 Å². The number of hydrogen-bond donors (Lipinski definition) is 1. The maximum Gasteiger partial charge on any atom is 0.256 e. The lowest BCUT2D eigenvalue weighted by Gasteiger charge is -2.32. The molecule has 3 heterocycles. The van der Waals surface area contributed by atoms with Gasteiger partial charge in [0.15, 0.2) is 5.82 Å². The van der Waals surface area contributed by atoms with E-state index >= 15 is 0 Å². The minimum absolute atomic E-state index is 0.0110. The van der Waals surface area contributed by atoms with Crippen LogP contribution in [-0.2, 0) is 4.79 Å². The highest BCUT2D eigenvalue weighted by Gasteiger charge is 2.29. The molecule has 0 bridgehead atoms. The molecular formula is C28H30FN5O3. The minimum atomic E-state index is -0.496. The largest absolute Gasteiger partial charge is 0.490 e. The lowest BCUT2D eigenvalue weighted by Crippen LogP contribution is -2.42. The van der Waals surface area contributed by atoms with Crippen molar-refractivity contribution in [2.75, 3.05) is 36.4 Å². The summed E-state index contributed by atoms with van der Waals surface area (Å²) in [5, 5.41) is 11.3. The molecule has 0 spiro atoms. The summed E-state index contributed by atoms with van der Waals surface area (Å²) in [6.45, 7) is 4.31. The predicted octanol–water partition coefficient (Wildman–Crippen LogP) is 4.07. The van der Waals surface area contributed by atoms with Crippen LogP contribution in [0.15, 0.2) is 60.7 Å². The molecular weight excluding hydrogens is 473 g/mol. The van der Waals surface area contributed by atoms with Crippen molar-refractivity contribution in [2.24, 2.45) is 5.92 Å². The molecule has 1 N–H and O–H groups in total. The van der Waals surface area contributed by atoms with Gasteiger partial charge in [0.2, 0.25) is 5.91 Å². The summed E-state index contributed by atoms with van der Waals surface area (Å²) in [5.74, 6) is 0.601. The lowest BCUT2D eigenvalue weighted by atomic mass is 10.1. The Hall–Kier alpha value is -4.01. The highest BCUT2D eigenvalue weighted by molar-refractivity contribution is 5.94. The Morgan fingerprint density at radius 1 is 0.946 bits per heavy atom. The van der Waals surface area contributed by atoms with Crippen LogP contribution in [0, 0.1) is 18.7 Å². The Morgan fingerprint density at radius 2 is 1.70 bits per heavy atom. The standard InChI is InChI=1S/C28H30FN5O3/c1-19-6-11-26(32-31-19)34-15-12-20(18-34)27(35)30-21-7-9-22(10-8-21)37-23-13-16-33(17-14-23)28(36)24-4-2-3-5-25(24)29/h2-11,20,23H,12-18H2,1H3,(H,30,35). The molecule has 192 valence electrons. The van der Waals surface area contributed by atoms with E-state index in [4.69, 9.17) is 4.74 Å². The molecule has 8 nitrogen and oxygen atoms in total. The van der Waals surface area contributed by atoms with Crippen LogP contribution in [0.5, 0.6) is 5.75 Å². The van der Waals surface area contributed by atoms with E-state index in [1.54, 1.807) is 17.0 Å². The van der Waals surface area contributed by atoms with E-state index in [0.29, 0.717) is 38.2 Å². The van der Waals surface area contributed by atoms with Gasteiger partial charge in [-0.15, -0.1) is 5.10 Å². The van der Waals surface area contributed by atoms with E-state index in [1.165, 1.54) is 12.1 Å². The van der Waals surface area contributed by atoms with Gasteiger partial charge in [-0.2, -0.15) is 5.10 Å². The summed E-state index contributed by atoms with van der Waals surface area (Å²) in [4.78, 5) is 29.2. The zero-order valence-electron chi connectivity index (χ0n) is 20.8. The van der Waals surface area contributed by atoms with Crippen molar-refractivity contribution in [3.8, 4) is 5.75 Å². The summed E-state index contributed by atoms with van der Waals surface area (Å²) in [6, 6.07) is 17.3. The van der Waals surface area contributed by atoms with Crippen molar-refractivity contribution >= 4 is 23.3 Å². The maximum atomic E-state index is 14.0. The number of nitrogens with zero attached hydrogens (tertiary/aromatic N) is 4. The average Bonchev–Trinajstić information content (AvgIpc) is 3.41. The second-order valence-electron chi connectivity index (χ2n) is 9.57. The molecule has 0 radical (unpaired) electrons. The van der Waals surface area contributed by atoms with Gasteiger partial charge in [0.05, 0.1) is 17.2 Å². The Morgan fingerprint density at radius 3 is 2.41 bits per heavy atom. The van der Waals surface area contributed by atoms with Crippen molar-refractivity contribution in [3.05, 3.63) is 77.7 Å². The fourth-order valence-electron chi connectivity index (χ4n) is 4.78. The quantitative estimate of drug-likeness (QED) is 0.546. The zero-order valence-corrected chi connectivity index (χ0v) is 20.8. The van der Waals surface area contributed by atoms with Crippen LogP contribution in [0.4, 0.5) is 15.9 Å². The topological polar surface area (TPSA) is 87.7 Å². The van der Waals surface area contributed by atoms with E-state index in [1.807, 2.05) is 43.3 Å². The maximum absolute atomic E-state index is 14.0. The van der Waals surface area contributed by atoms with Crippen LogP contribution in [-0.4, -0.2) is 59.2 Å². The molecule has 2 aliphatic rings. The van der Waals surface area contributed by atoms with E-state index in [2.05, 4.69) is 20.4 Å². The predicted molar refractivity (Wildman–Crippen MR) is 138 cm³/mol. The molecule has 1 unspecified atom stereocenters. The van der Waals surface area contributed by atoms with Crippen molar-refractivity contribution < 1.29 is 18.7 Å². The number of halogens is 1. The first-order valence-electron chi connectivity index (χ1n) is 12.6. The molecule has 9 heteroatoms. The van der Waals surface area contributed by atoms with Gasteiger partial charge in [0, 0.05) is 44.7 Å². The number of carbonyl (C=O) groups excluding carboxylic acids is 2. The van der Waals surface area contributed by atoms with Gasteiger partial charge in [0.25, 0.3) is 5.91 Å². The number of nitrogens with one attached hydrogen (secondary N) is 1. The number of hydrogen-bond acceptors (Lipinski definition) is 6. The molecule has 37 heavy (non-hydrogen) atoms. The van der Waals surface area contributed by atoms with Gasteiger partial charge in [-0.1, -0.05) is 12.1 Å². The first-order valence-corrected chi connectivity index (χ1v) is 12.6. The number of rotatable bonds is 6. The Kier molecular flexibility index (Phi) is 7.30. The number of benzene rings is 2. The van der Waals surface area contributed by atoms with Crippen LogP contribution in [0.1, 0.15) is 35.3 Å². The van der Waals surface area contributed by atoms with E-state index in [9.17, 15) is 14.0 Å². The van der Waals surface area contributed by atoms with Gasteiger partial charge in [-0.05, 0) is 61.9 Å². The molecule has 2 aromatic carbocycles. The molecule has 3 aromatic rings. The van der Waals surface area contributed by atoms with Crippen LogP contribution >= 0.6 is 0 Å². The Labute approximate surface area is 215 Å². The van der Waals surface area contributed by atoms with Gasteiger partial charge < -0.3 is 19.9 Å². The van der Waals surface area contributed by atoms with Crippen molar-refractivity contribution in [1.82, 2.24) is 15.1 Å². The summed E-state index contributed by atoms with van der Waals surface area (Å²) >= 11 is 0. The SMILES string of the molecule is Cc1ccc(N2CCC(C(=O)Nc3ccc(OC4CCN(C(=O)c5ccccc5F)CC4)cc3)C2)nn1. The van der Waals surface area contributed by atoms with Crippen LogP contribution < -0.4 is 15.0 Å². The van der Waals surface area contributed by atoms with E-state index < -0.39 is 5.82 Å². The van der Waals surface area contributed by atoms with Crippen LogP contribution in [0.3, 0.4) is 0 Å². The highest BCUT2D eigenvalue weighted by Crippen LogP contribution is 2.25. The number of carbonyl (C=O) groups is 2. The minimum Gasteiger partial charge on any atom is -0.490 e. The van der Waals surface area contributed by atoms with Gasteiger partial charge in [-0.3, -0.25) is 9.59 Å². The van der Waals surface area contributed by atoms with Crippen LogP contribution in [0.25, 0.3) is 0 Å². The van der Waals surface area contributed by atoms with Crippen molar-refractivity contribution in [2.45, 2.75) is 32.3 Å². The number of amides is 2. The lowest BCUT2D eigenvalue weighted by molar-refractivity contribution is -0.119. The average molecular weight is 504 g/mol. The van der Waals surface area contributed by atoms with Gasteiger partial charge in [0.1, 0.15) is 17.7 Å². The Bertz CT molecular complexity index is 1240. The molecule has 2 amide bonds. The highest BCUT2D eigenvalue weighted by atomic mass is 19.1. The first kappa shape index (κ1) is 24.7. The number of piperidine rings is 1. The second-order valence-corrected chi connectivity index (χ2v) is 9.57. The molecule has 0 saturated carbocycles. The van der Waals surface area contributed by atoms with E-state index in [0.717, 1.165) is 30.2 Å². The number of ether oxygens (including phenoxy) is 1. The normalized spacial score (nSPS) is 18.1. The summed E-state index contributed by atoms with van der Waals surface area (Å²) in [5.41, 5.74) is 1.69. The van der Waals surface area contributed by atoms with Crippen LogP contribution in [0.2, 0.25) is 0 Å². The number of likely N-dealkylation sites (tertiary alicyclic amines) is 1. The third-order valence-electron chi connectivity index (χ3n) is 6.92. The third kappa shape index (κ3) is 5.87. The summed E-state index contributed by atoms with van der Waals surface area (Å²) in [7, 11) is 0. The summed E-state index contributed by atoms with van der Waals surface area (Å²) < 4.78 is 20.1. The molecule has 2 saturated heterocycles. The number of aryl methyl sites for hydroxylation is 1. The number of aromatic nitrogens is 2. The molecule has 5 rings (SSSR count).